The molecule has 15 heavy (non-hydrogen) atoms. The topological polar surface area (TPSA) is 26.0 Å². The molecule has 0 saturated carbocycles. The van der Waals surface area contributed by atoms with Gasteiger partial charge in [-0.15, -0.1) is 0 Å². The molecule has 0 fully saturated rings. The molecular formula is C8H3F4NOS. The Morgan fingerprint density at radius 1 is 1.27 bits per heavy atom. The van der Waals surface area contributed by atoms with E-state index < -0.39 is 17.6 Å². The molecule has 7 heteroatoms. The van der Waals surface area contributed by atoms with E-state index in [0.29, 0.717) is 12.1 Å². The Hall–Kier alpha value is -1.24. The fourth-order valence-corrected chi connectivity index (χ4v) is 1.36. The fourth-order valence-electron chi connectivity index (χ4n) is 1.15. The summed E-state index contributed by atoms with van der Waals surface area (Å²) >= 11 is 3.70. The van der Waals surface area contributed by atoms with E-state index in [-0.39, 0.29) is 16.3 Å². The Balaban J connectivity index is 2.72. The molecule has 0 bridgehead atoms. The molecule has 1 heterocycles. The summed E-state index contributed by atoms with van der Waals surface area (Å²) in [7, 11) is 0. The maximum Gasteiger partial charge on any atom is 0.419 e. The lowest BCUT2D eigenvalue weighted by Crippen LogP contribution is -2.07. The van der Waals surface area contributed by atoms with E-state index in [1.807, 2.05) is 0 Å². The highest BCUT2D eigenvalue weighted by Gasteiger charge is 2.34. The van der Waals surface area contributed by atoms with Crippen molar-refractivity contribution in [1.82, 2.24) is 4.98 Å². The van der Waals surface area contributed by atoms with Crippen LogP contribution in [0.4, 0.5) is 17.6 Å². The molecule has 0 N–H and O–H groups in total. The molecule has 2 nitrogen and oxygen atoms in total. The van der Waals surface area contributed by atoms with Crippen molar-refractivity contribution in [3.05, 3.63) is 23.5 Å². The molecular weight excluding hydrogens is 234 g/mol. The van der Waals surface area contributed by atoms with Gasteiger partial charge in [-0.25, -0.2) is 9.37 Å². The summed E-state index contributed by atoms with van der Waals surface area (Å²) in [6.07, 6.45) is -4.75. The Labute approximate surface area is 86.3 Å². The molecule has 1 aromatic carbocycles. The summed E-state index contributed by atoms with van der Waals surface area (Å²) in [6.45, 7) is 0. The van der Waals surface area contributed by atoms with Crippen molar-refractivity contribution in [2.45, 2.75) is 11.4 Å². The predicted molar refractivity (Wildman–Crippen MR) is 46.2 cm³/mol. The van der Waals surface area contributed by atoms with Crippen LogP contribution in [-0.2, 0) is 6.18 Å². The highest BCUT2D eigenvalue weighted by atomic mass is 32.1. The molecule has 0 saturated heterocycles. The van der Waals surface area contributed by atoms with Gasteiger partial charge in [0.25, 0.3) is 5.22 Å². The van der Waals surface area contributed by atoms with Gasteiger partial charge < -0.3 is 4.42 Å². The van der Waals surface area contributed by atoms with Crippen LogP contribution in [-0.4, -0.2) is 4.98 Å². The van der Waals surface area contributed by atoms with Gasteiger partial charge in [-0.2, -0.15) is 13.2 Å². The van der Waals surface area contributed by atoms with E-state index in [2.05, 4.69) is 17.6 Å². The lowest BCUT2D eigenvalue weighted by molar-refractivity contribution is -0.139. The molecule has 1 aromatic heterocycles. The number of aromatic nitrogens is 1. The number of benzene rings is 1. The first-order valence-electron chi connectivity index (χ1n) is 3.74. The summed E-state index contributed by atoms with van der Waals surface area (Å²) in [4.78, 5) is 3.59. The van der Waals surface area contributed by atoms with Crippen LogP contribution in [0.5, 0.6) is 0 Å². The van der Waals surface area contributed by atoms with Crippen molar-refractivity contribution in [3.63, 3.8) is 0 Å². The molecule has 0 aliphatic heterocycles. The van der Waals surface area contributed by atoms with Crippen molar-refractivity contribution >= 4 is 23.7 Å². The van der Waals surface area contributed by atoms with Crippen LogP contribution in [0.2, 0.25) is 0 Å². The van der Waals surface area contributed by atoms with Crippen LogP contribution < -0.4 is 0 Å². The number of thiol groups is 1. The average molecular weight is 237 g/mol. The number of nitrogens with zero attached hydrogens (tertiary/aromatic N) is 1. The number of oxazole rings is 1. The van der Waals surface area contributed by atoms with Gasteiger partial charge in [0, 0.05) is 6.07 Å². The van der Waals surface area contributed by atoms with Crippen molar-refractivity contribution in [2.24, 2.45) is 0 Å². The highest BCUT2D eigenvalue weighted by Crippen LogP contribution is 2.34. The SMILES string of the molecule is Fc1cc2nc(S)oc2cc1C(F)(F)F. The van der Waals surface area contributed by atoms with E-state index in [4.69, 9.17) is 4.42 Å². The van der Waals surface area contributed by atoms with E-state index in [1.165, 1.54) is 0 Å². The Morgan fingerprint density at radius 3 is 2.53 bits per heavy atom. The second-order valence-electron chi connectivity index (χ2n) is 2.79. The summed E-state index contributed by atoms with van der Waals surface area (Å²) in [5.41, 5.74) is -1.52. The maximum atomic E-state index is 13.0. The zero-order chi connectivity index (χ0) is 11.2. The normalized spacial score (nSPS) is 12.3. The molecule has 80 valence electrons. The van der Waals surface area contributed by atoms with Gasteiger partial charge in [0.2, 0.25) is 0 Å². The minimum Gasteiger partial charge on any atom is -0.432 e. The maximum absolute atomic E-state index is 13.0. The third-order valence-electron chi connectivity index (χ3n) is 1.77. The van der Waals surface area contributed by atoms with Crippen molar-refractivity contribution < 1.29 is 22.0 Å². The lowest BCUT2D eigenvalue weighted by Gasteiger charge is -2.06. The van der Waals surface area contributed by atoms with Crippen LogP contribution in [0.1, 0.15) is 5.56 Å². The number of halogens is 4. The second kappa shape index (κ2) is 3.13. The Morgan fingerprint density at radius 2 is 1.93 bits per heavy atom. The Bertz CT molecular complexity index is 519. The van der Waals surface area contributed by atoms with Gasteiger partial charge in [-0.3, -0.25) is 0 Å². The van der Waals surface area contributed by atoms with Crippen molar-refractivity contribution in [1.29, 1.82) is 0 Å². The van der Waals surface area contributed by atoms with Gasteiger partial charge in [-0.1, -0.05) is 12.6 Å². The standard InChI is InChI=1S/C8H3F4NOS/c9-4-2-5-6(14-7(15)13-5)1-3(4)8(10,11)12/h1-2H,(H,13,15). The zero-order valence-electron chi connectivity index (χ0n) is 6.97. The number of alkyl halides is 3. The Kier molecular flexibility index (Phi) is 2.14. The first-order valence-corrected chi connectivity index (χ1v) is 4.19. The van der Waals surface area contributed by atoms with E-state index in [0.717, 1.165) is 0 Å². The largest absolute Gasteiger partial charge is 0.432 e. The molecule has 0 unspecified atom stereocenters. The van der Waals surface area contributed by atoms with E-state index >= 15 is 0 Å². The fraction of sp³-hybridized carbons (Fsp3) is 0.125. The summed E-state index contributed by atoms with van der Waals surface area (Å²) in [6, 6.07) is 1.23. The van der Waals surface area contributed by atoms with Gasteiger partial charge in [0.15, 0.2) is 5.58 Å². The lowest BCUT2D eigenvalue weighted by atomic mass is 10.2. The zero-order valence-corrected chi connectivity index (χ0v) is 7.86. The molecule has 0 spiro atoms. The van der Waals surface area contributed by atoms with E-state index in [1.54, 1.807) is 0 Å². The van der Waals surface area contributed by atoms with Crippen LogP contribution in [0.15, 0.2) is 21.8 Å². The smallest absolute Gasteiger partial charge is 0.419 e. The first-order chi connectivity index (χ1) is 6.88. The minimum atomic E-state index is -4.75. The molecule has 0 aliphatic rings. The van der Waals surface area contributed by atoms with Gasteiger partial charge in [0.05, 0.1) is 5.56 Å². The minimum absolute atomic E-state index is 0.00509. The third-order valence-corrected chi connectivity index (χ3v) is 1.96. The third kappa shape index (κ3) is 1.79. The molecule has 0 atom stereocenters. The molecule has 2 aromatic rings. The van der Waals surface area contributed by atoms with Crippen molar-refractivity contribution in [2.75, 3.05) is 0 Å². The average Bonchev–Trinajstić information content (AvgIpc) is 2.40. The van der Waals surface area contributed by atoms with E-state index in [9.17, 15) is 17.6 Å². The van der Waals surface area contributed by atoms with Crippen LogP contribution >= 0.6 is 12.6 Å². The second-order valence-corrected chi connectivity index (χ2v) is 3.18. The van der Waals surface area contributed by atoms with Gasteiger partial charge in [0.1, 0.15) is 11.3 Å². The molecule has 0 amide bonds. The predicted octanol–water partition coefficient (Wildman–Crippen LogP) is 3.27. The number of hydrogen-bond acceptors (Lipinski definition) is 3. The summed E-state index contributed by atoms with van der Waals surface area (Å²) < 4.78 is 54.5. The quantitative estimate of drug-likeness (QED) is 0.562. The van der Waals surface area contributed by atoms with Crippen LogP contribution in [0.3, 0.4) is 0 Å². The number of hydrogen-bond donors (Lipinski definition) is 1. The van der Waals surface area contributed by atoms with Crippen LogP contribution in [0.25, 0.3) is 11.1 Å². The molecule has 0 radical (unpaired) electrons. The number of rotatable bonds is 0. The van der Waals surface area contributed by atoms with Crippen molar-refractivity contribution in [3.8, 4) is 0 Å². The number of fused-ring (bicyclic) bond motifs is 1. The monoisotopic (exact) mass is 237 g/mol. The van der Waals surface area contributed by atoms with Gasteiger partial charge >= 0.3 is 6.18 Å². The summed E-state index contributed by atoms with van der Waals surface area (Å²) in [5.74, 6) is -1.38. The highest BCUT2D eigenvalue weighted by molar-refractivity contribution is 7.80. The van der Waals surface area contributed by atoms with Crippen LogP contribution in [0, 0.1) is 5.82 Å². The summed E-state index contributed by atoms with van der Waals surface area (Å²) in [5, 5.41) is -0.108. The van der Waals surface area contributed by atoms with Gasteiger partial charge in [-0.05, 0) is 6.07 Å². The molecule has 0 aliphatic carbocycles. The first kappa shape index (κ1) is 10.3. The molecule has 2 rings (SSSR count).